The van der Waals surface area contributed by atoms with Gasteiger partial charge in [0.25, 0.3) is 0 Å². The summed E-state index contributed by atoms with van der Waals surface area (Å²) in [5.74, 6) is 0. The van der Waals surface area contributed by atoms with Crippen LogP contribution in [0.4, 0.5) is 4.79 Å². The van der Waals surface area contributed by atoms with Crippen molar-refractivity contribution in [2.24, 2.45) is 0 Å². The Hall–Kier alpha value is -0.860. The number of piperidine rings is 3. The molecule has 3 aliphatic rings. The number of hydrogen-bond donors (Lipinski definition) is 0. The van der Waals surface area contributed by atoms with Crippen molar-refractivity contribution >= 4 is 16.1 Å². The van der Waals surface area contributed by atoms with Gasteiger partial charge in [0.2, 0.25) is 10.0 Å². The van der Waals surface area contributed by atoms with E-state index in [1.807, 2.05) is 20.8 Å². The minimum atomic E-state index is -3.29. The molecular weight excluding hydrogens is 378 g/mol. The summed E-state index contributed by atoms with van der Waals surface area (Å²) >= 11 is 0. The molecule has 0 radical (unpaired) electrons. The predicted octanol–water partition coefficient (Wildman–Crippen LogP) is 2.67. The molecule has 0 N–H and O–H groups in total. The Kier molecular flexibility index (Phi) is 6.92. The van der Waals surface area contributed by atoms with Crippen LogP contribution in [0.25, 0.3) is 0 Å². The summed E-state index contributed by atoms with van der Waals surface area (Å²) in [4.78, 5) is 16.4. The molecule has 162 valence electrons. The van der Waals surface area contributed by atoms with Crippen molar-refractivity contribution in [1.29, 1.82) is 0 Å². The summed E-state index contributed by atoms with van der Waals surface area (Å²) in [6.45, 7) is 10.0. The third kappa shape index (κ3) is 5.39. The van der Waals surface area contributed by atoms with Gasteiger partial charge in [-0.15, -0.1) is 0 Å². The van der Waals surface area contributed by atoms with E-state index in [4.69, 9.17) is 4.74 Å². The number of nitrogens with zero attached hydrogens (tertiary/aromatic N) is 3. The summed E-state index contributed by atoms with van der Waals surface area (Å²) < 4.78 is 33.3. The Morgan fingerprint density at radius 1 is 0.857 bits per heavy atom. The average molecular weight is 416 g/mol. The van der Waals surface area contributed by atoms with Gasteiger partial charge in [0, 0.05) is 32.2 Å². The van der Waals surface area contributed by atoms with Crippen LogP contribution in [0, 0.1) is 0 Å². The van der Waals surface area contributed by atoms with Crippen molar-refractivity contribution in [3.05, 3.63) is 0 Å². The van der Waals surface area contributed by atoms with Crippen LogP contribution in [0.5, 0.6) is 0 Å². The second-order valence-corrected chi connectivity index (χ2v) is 11.7. The number of sulfonamides is 1. The molecule has 0 aromatic heterocycles. The van der Waals surface area contributed by atoms with Gasteiger partial charge in [0.15, 0.2) is 0 Å². The number of carbonyl (C=O) groups excluding carboxylic acids is 1. The van der Waals surface area contributed by atoms with Gasteiger partial charge >= 0.3 is 6.09 Å². The first-order valence-corrected chi connectivity index (χ1v) is 12.4. The van der Waals surface area contributed by atoms with E-state index in [9.17, 15) is 13.2 Å². The Bertz CT molecular complexity index is 624. The topological polar surface area (TPSA) is 70.2 Å². The molecule has 0 bridgehead atoms. The van der Waals surface area contributed by atoms with E-state index in [1.165, 1.54) is 32.4 Å². The molecule has 1 amide bonds. The van der Waals surface area contributed by atoms with Gasteiger partial charge in [0.05, 0.1) is 5.25 Å². The van der Waals surface area contributed by atoms with Gasteiger partial charge in [-0.25, -0.2) is 17.5 Å². The average Bonchev–Trinajstić information content (AvgIpc) is 2.67. The maximum Gasteiger partial charge on any atom is 0.410 e. The number of ether oxygens (including phenoxy) is 1. The van der Waals surface area contributed by atoms with Gasteiger partial charge in [-0.2, -0.15) is 0 Å². The summed E-state index contributed by atoms with van der Waals surface area (Å²) in [5, 5.41) is -0.377. The first-order valence-electron chi connectivity index (χ1n) is 10.9. The monoisotopic (exact) mass is 415 g/mol. The standard InChI is InChI=1S/C20H37N3O4S/c1-20(2,3)27-19(24)22-13-9-18(10-14-22)28(25,26)23-15-7-17(8-16-23)21-11-5-4-6-12-21/h17-18H,4-16H2,1-3H3. The molecule has 0 aromatic carbocycles. The van der Waals surface area contributed by atoms with Crippen LogP contribution in [0.2, 0.25) is 0 Å². The summed E-state index contributed by atoms with van der Waals surface area (Å²) in [7, 11) is -3.29. The third-order valence-electron chi connectivity index (χ3n) is 6.21. The molecule has 8 heteroatoms. The Balaban J connectivity index is 1.48. The van der Waals surface area contributed by atoms with E-state index in [2.05, 4.69) is 4.90 Å². The van der Waals surface area contributed by atoms with Crippen LogP contribution in [0.15, 0.2) is 0 Å². The Morgan fingerprint density at radius 2 is 1.43 bits per heavy atom. The lowest BCUT2D eigenvalue weighted by atomic mass is 10.0. The molecule has 3 saturated heterocycles. The normalized spacial score (nSPS) is 25.0. The van der Waals surface area contributed by atoms with E-state index in [-0.39, 0.29) is 11.3 Å². The van der Waals surface area contributed by atoms with Crippen molar-refractivity contribution in [2.75, 3.05) is 39.3 Å². The first-order chi connectivity index (χ1) is 13.2. The van der Waals surface area contributed by atoms with Crippen molar-refractivity contribution < 1.29 is 17.9 Å². The molecule has 3 aliphatic heterocycles. The molecule has 7 nitrogen and oxygen atoms in total. The fourth-order valence-electron chi connectivity index (χ4n) is 4.62. The highest BCUT2D eigenvalue weighted by Gasteiger charge is 2.38. The van der Waals surface area contributed by atoms with Crippen LogP contribution in [0.3, 0.4) is 0 Å². The molecule has 3 fully saturated rings. The summed E-state index contributed by atoms with van der Waals surface area (Å²) in [6, 6.07) is 0.542. The third-order valence-corrected chi connectivity index (χ3v) is 8.60. The second kappa shape index (κ2) is 8.88. The Labute approximate surface area is 170 Å². The highest BCUT2D eigenvalue weighted by molar-refractivity contribution is 7.89. The zero-order chi connectivity index (χ0) is 20.4. The van der Waals surface area contributed by atoms with Gasteiger partial charge in [-0.05, 0) is 72.4 Å². The number of carbonyl (C=O) groups is 1. The highest BCUT2D eigenvalue weighted by atomic mass is 32.2. The molecular formula is C20H37N3O4S. The van der Waals surface area contributed by atoms with Crippen LogP contribution in [-0.4, -0.2) is 84.8 Å². The molecule has 0 spiro atoms. The lowest BCUT2D eigenvalue weighted by Crippen LogP contribution is -2.52. The molecule has 0 aromatic rings. The molecule has 0 saturated carbocycles. The number of amides is 1. The van der Waals surface area contributed by atoms with Crippen molar-refractivity contribution in [2.45, 2.75) is 82.6 Å². The van der Waals surface area contributed by atoms with Crippen LogP contribution >= 0.6 is 0 Å². The minimum absolute atomic E-state index is 0.342. The number of likely N-dealkylation sites (tertiary alicyclic amines) is 2. The zero-order valence-electron chi connectivity index (χ0n) is 17.7. The van der Waals surface area contributed by atoms with Gasteiger partial charge in [-0.1, -0.05) is 6.42 Å². The SMILES string of the molecule is CC(C)(C)OC(=O)N1CCC(S(=O)(=O)N2CCC(N3CCCCC3)CC2)CC1. The van der Waals surface area contributed by atoms with Crippen molar-refractivity contribution in [3.8, 4) is 0 Å². The van der Waals surface area contributed by atoms with Crippen LogP contribution in [-0.2, 0) is 14.8 Å². The molecule has 0 aliphatic carbocycles. The van der Waals surface area contributed by atoms with E-state index >= 15 is 0 Å². The summed E-state index contributed by atoms with van der Waals surface area (Å²) in [6.07, 6.45) is 6.40. The van der Waals surface area contributed by atoms with Gasteiger partial charge in [0.1, 0.15) is 5.60 Å². The zero-order valence-corrected chi connectivity index (χ0v) is 18.5. The Morgan fingerprint density at radius 3 is 1.96 bits per heavy atom. The lowest BCUT2D eigenvalue weighted by molar-refractivity contribution is 0.0216. The van der Waals surface area contributed by atoms with E-state index in [1.54, 1.807) is 9.21 Å². The maximum absolute atomic E-state index is 13.1. The van der Waals surface area contributed by atoms with Crippen molar-refractivity contribution in [3.63, 3.8) is 0 Å². The number of rotatable bonds is 3. The molecule has 0 atom stereocenters. The molecule has 28 heavy (non-hydrogen) atoms. The van der Waals surface area contributed by atoms with Crippen LogP contribution < -0.4 is 0 Å². The maximum atomic E-state index is 13.1. The van der Waals surface area contributed by atoms with Crippen molar-refractivity contribution in [1.82, 2.24) is 14.1 Å². The minimum Gasteiger partial charge on any atom is -0.444 e. The highest BCUT2D eigenvalue weighted by Crippen LogP contribution is 2.27. The number of hydrogen-bond acceptors (Lipinski definition) is 5. The largest absolute Gasteiger partial charge is 0.444 e. The van der Waals surface area contributed by atoms with Gasteiger partial charge in [-0.3, -0.25) is 0 Å². The summed E-state index contributed by atoms with van der Waals surface area (Å²) in [5.41, 5.74) is -0.529. The fourth-order valence-corrected chi connectivity index (χ4v) is 6.57. The van der Waals surface area contributed by atoms with E-state index in [0.717, 1.165) is 12.8 Å². The van der Waals surface area contributed by atoms with Crippen LogP contribution in [0.1, 0.15) is 65.7 Å². The molecule has 3 rings (SSSR count). The lowest BCUT2D eigenvalue weighted by Gasteiger charge is -2.41. The van der Waals surface area contributed by atoms with E-state index < -0.39 is 15.6 Å². The first kappa shape index (κ1) is 21.8. The van der Waals surface area contributed by atoms with E-state index in [0.29, 0.717) is 45.1 Å². The molecule has 0 unspecified atom stereocenters. The predicted molar refractivity (Wildman–Crippen MR) is 110 cm³/mol. The fraction of sp³-hybridized carbons (Fsp3) is 0.950. The quantitative estimate of drug-likeness (QED) is 0.709. The van der Waals surface area contributed by atoms with Gasteiger partial charge < -0.3 is 14.5 Å². The second-order valence-electron chi connectivity index (χ2n) is 9.44. The molecule has 3 heterocycles. The smallest absolute Gasteiger partial charge is 0.410 e.